The van der Waals surface area contributed by atoms with Gasteiger partial charge in [-0.25, -0.2) is 0 Å². The van der Waals surface area contributed by atoms with E-state index < -0.39 is 136 Å². The predicted octanol–water partition coefficient (Wildman–Crippen LogP) is -8.56. The monoisotopic (exact) mass is 645 g/mol. The third kappa shape index (κ3) is 6.96. The maximum Gasteiger partial charge on any atom is 0.187 e. The summed E-state index contributed by atoms with van der Waals surface area (Å²) >= 11 is 0. The van der Waals surface area contributed by atoms with Gasteiger partial charge in [0.1, 0.15) is 79.4 Å². The van der Waals surface area contributed by atoms with Gasteiger partial charge in [-0.05, 0) is 12.5 Å². The second-order valence-corrected chi connectivity index (χ2v) is 11.4. The van der Waals surface area contributed by atoms with Crippen LogP contribution in [0.2, 0.25) is 0 Å². The molecule has 0 saturated carbocycles. The van der Waals surface area contributed by atoms with E-state index in [1.54, 1.807) is 0 Å². The fourth-order valence-electron chi connectivity index (χ4n) is 5.81. The van der Waals surface area contributed by atoms with Gasteiger partial charge in [0.15, 0.2) is 18.9 Å². The summed E-state index contributed by atoms with van der Waals surface area (Å²) in [6.07, 6.45) is -26.6. The molecule has 0 aromatic carbocycles. The Morgan fingerprint density at radius 2 is 1.16 bits per heavy atom. The van der Waals surface area contributed by atoms with Crippen molar-refractivity contribution in [2.75, 3.05) is 19.8 Å². The molecule has 19 nitrogen and oxygen atoms in total. The maximum atomic E-state index is 10.9. The molecule has 0 unspecified atom stereocenters. The van der Waals surface area contributed by atoms with Gasteiger partial charge in [-0.2, -0.15) is 0 Å². The standard InChI is InChI=1S/C25H43NO18/c1-6-11(26-8-2-7(3-27)12(30)15(33)13(8)31)14(32)19(37)24(40-6)43-22-10(5-29)42-25(20(38)17(22)35)44-21-9(4-28)41-23(39)18(36)16(21)34/h2,6,8-39H,3-5H2,1H3/t6-,8+,9-,10-,11-,12-,13+,14+,15+,16-,17+,18+,19-,20+,21-,22-,23-,24-,25-/m1/s1. The van der Waals surface area contributed by atoms with E-state index in [9.17, 15) is 66.4 Å². The molecule has 0 aromatic heterocycles. The SMILES string of the molecule is C[C@H]1O[C@H](O[C@H]2[C@@H](O)[C@H](O)[C@@H](O[C@H]3[C@H](O)[C@H](O)[C@H](O)O[C@@H]3CO)O[C@@H]2CO)[C@H](O)[C@@H](O)[C@@H]1N[C@H]1C=C(CO)[C@@H](O)[C@H](O)[C@H]1O. The number of ether oxygens (including phenoxy) is 5. The molecular weight excluding hydrogens is 602 g/mol. The summed E-state index contributed by atoms with van der Waals surface area (Å²) in [5.74, 6) is 0. The molecule has 4 rings (SSSR count). The van der Waals surface area contributed by atoms with E-state index in [1.807, 2.05) is 0 Å². The first-order valence-corrected chi connectivity index (χ1v) is 14.1. The van der Waals surface area contributed by atoms with Crippen LogP contribution in [0.15, 0.2) is 11.6 Å². The second kappa shape index (κ2) is 14.8. The topological polar surface area (TPSA) is 321 Å². The van der Waals surface area contributed by atoms with Crippen molar-refractivity contribution in [2.24, 2.45) is 0 Å². The summed E-state index contributed by atoms with van der Waals surface area (Å²) in [4.78, 5) is 0. The van der Waals surface area contributed by atoms with E-state index >= 15 is 0 Å². The van der Waals surface area contributed by atoms with E-state index in [4.69, 9.17) is 23.7 Å². The first-order valence-electron chi connectivity index (χ1n) is 14.1. The molecule has 44 heavy (non-hydrogen) atoms. The predicted molar refractivity (Wildman–Crippen MR) is 138 cm³/mol. The zero-order valence-electron chi connectivity index (χ0n) is 23.5. The number of aliphatic hydroxyl groups excluding tert-OH is 13. The quantitative estimate of drug-likeness (QED) is 0.103. The van der Waals surface area contributed by atoms with Gasteiger partial charge in [0, 0.05) is 0 Å². The Kier molecular flexibility index (Phi) is 12.1. The van der Waals surface area contributed by atoms with Crippen LogP contribution in [0, 0.1) is 0 Å². The van der Waals surface area contributed by atoms with Gasteiger partial charge in [0.25, 0.3) is 0 Å². The average Bonchev–Trinajstić information content (AvgIpc) is 3.00. The smallest absolute Gasteiger partial charge is 0.187 e. The van der Waals surface area contributed by atoms with Crippen molar-refractivity contribution in [3.05, 3.63) is 11.6 Å². The van der Waals surface area contributed by atoms with Gasteiger partial charge in [-0.1, -0.05) is 6.08 Å². The molecule has 256 valence electrons. The molecule has 0 bridgehead atoms. The molecule has 19 atom stereocenters. The van der Waals surface area contributed by atoms with Crippen molar-refractivity contribution < 1.29 is 90.1 Å². The van der Waals surface area contributed by atoms with Crippen molar-refractivity contribution in [3.8, 4) is 0 Å². The molecule has 3 heterocycles. The molecule has 0 amide bonds. The Balaban J connectivity index is 1.42. The van der Waals surface area contributed by atoms with Crippen LogP contribution in [0.4, 0.5) is 0 Å². The summed E-state index contributed by atoms with van der Waals surface area (Å²) in [5.41, 5.74) is 0.0225. The molecule has 1 aliphatic carbocycles. The Hall–Kier alpha value is -1.02. The van der Waals surface area contributed by atoms with E-state index in [0.29, 0.717) is 0 Å². The van der Waals surface area contributed by atoms with Crippen LogP contribution in [0.5, 0.6) is 0 Å². The Labute approximate surface area is 250 Å². The fraction of sp³-hybridized carbons (Fsp3) is 0.920. The fourth-order valence-corrected chi connectivity index (χ4v) is 5.81. The summed E-state index contributed by atoms with van der Waals surface area (Å²) < 4.78 is 27.4. The molecule has 3 saturated heterocycles. The molecule has 3 aliphatic heterocycles. The van der Waals surface area contributed by atoms with Crippen LogP contribution in [-0.4, -0.2) is 203 Å². The van der Waals surface area contributed by atoms with Crippen molar-refractivity contribution >= 4 is 0 Å². The molecule has 3 fully saturated rings. The van der Waals surface area contributed by atoms with Gasteiger partial charge in [-0.3, -0.25) is 0 Å². The summed E-state index contributed by atoms with van der Waals surface area (Å²) in [6, 6.07) is -2.17. The highest BCUT2D eigenvalue weighted by atomic mass is 16.7. The van der Waals surface area contributed by atoms with Crippen LogP contribution in [0.25, 0.3) is 0 Å². The second-order valence-electron chi connectivity index (χ2n) is 11.4. The van der Waals surface area contributed by atoms with Crippen molar-refractivity contribution in [3.63, 3.8) is 0 Å². The maximum absolute atomic E-state index is 10.9. The molecule has 0 spiro atoms. The number of rotatable bonds is 9. The number of hydrogen-bond acceptors (Lipinski definition) is 19. The first-order chi connectivity index (χ1) is 20.7. The Morgan fingerprint density at radius 3 is 1.73 bits per heavy atom. The third-order valence-corrected chi connectivity index (χ3v) is 8.48. The van der Waals surface area contributed by atoms with Crippen molar-refractivity contribution in [1.82, 2.24) is 5.32 Å². The van der Waals surface area contributed by atoms with Gasteiger partial charge >= 0.3 is 0 Å². The van der Waals surface area contributed by atoms with Crippen LogP contribution < -0.4 is 5.32 Å². The molecule has 0 radical (unpaired) electrons. The molecule has 19 heteroatoms. The Morgan fingerprint density at radius 1 is 0.636 bits per heavy atom. The molecular formula is C25H43NO18. The van der Waals surface area contributed by atoms with E-state index in [1.165, 1.54) is 13.0 Å². The first kappa shape index (κ1) is 35.8. The summed E-state index contributed by atoms with van der Waals surface area (Å²) in [7, 11) is 0. The van der Waals surface area contributed by atoms with Gasteiger partial charge in [-0.15, -0.1) is 0 Å². The molecule has 0 aromatic rings. The van der Waals surface area contributed by atoms with Crippen LogP contribution in [-0.2, 0) is 23.7 Å². The lowest BCUT2D eigenvalue weighted by atomic mass is 9.86. The van der Waals surface area contributed by atoms with Crippen LogP contribution in [0.1, 0.15) is 6.92 Å². The van der Waals surface area contributed by atoms with E-state index in [2.05, 4.69) is 5.32 Å². The van der Waals surface area contributed by atoms with Crippen LogP contribution >= 0.6 is 0 Å². The highest BCUT2D eigenvalue weighted by Crippen LogP contribution is 2.32. The largest absolute Gasteiger partial charge is 0.394 e. The van der Waals surface area contributed by atoms with E-state index in [0.717, 1.165) is 0 Å². The highest BCUT2D eigenvalue weighted by molar-refractivity contribution is 5.22. The van der Waals surface area contributed by atoms with Gasteiger partial charge in [0.2, 0.25) is 0 Å². The summed E-state index contributed by atoms with van der Waals surface area (Å²) in [6.45, 7) is -0.753. The minimum atomic E-state index is -1.93. The lowest BCUT2D eigenvalue weighted by Crippen LogP contribution is -2.68. The number of nitrogens with one attached hydrogen (secondary N) is 1. The van der Waals surface area contributed by atoms with E-state index in [-0.39, 0.29) is 5.57 Å². The summed E-state index contributed by atoms with van der Waals surface area (Å²) in [5, 5.41) is 136. The zero-order chi connectivity index (χ0) is 32.6. The minimum Gasteiger partial charge on any atom is -0.394 e. The lowest BCUT2D eigenvalue weighted by Gasteiger charge is -2.48. The third-order valence-electron chi connectivity index (χ3n) is 8.48. The van der Waals surface area contributed by atoms with Crippen LogP contribution in [0.3, 0.4) is 0 Å². The zero-order valence-corrected chi connectivity index (χ0v) is 23.5. The number of hydrogen-bond donors (Lipinski definition) is 14. The molecule has 4 aliphatic rings. The van der Waals surface area contributed by atoms with Gasteiger partial charge in [0.05, 0.1) is 38.0 Å². The number of aliphatic hydroxyl groups is 13. The lowest BCUT2D eigenvalue weighted by molar-refractivity contribution is -0.373. The van der Waals surface area contributed by atoms with Crippen molar-refractivity contribution in [1.29, 1.82) is 0 Å². The van der Waals surface area contributed by atoms with Crippen molar-refractivity contribution in [2.45, 2.75) is 123 Å². The van der Waals surface area contributed by atoms with Gasteiger partial charge < -0.3 is 95.4 Å². The minimum absolute atomic E-state index is 0.0225. The Bertz CT molecular complexity index is 958. The highest BCUT2D eigenvalue weighted by Gasteiger charge is 2.53. The average molecular weight is 646 g/mol. The molecule has 14 N–H and O–H groups in total. The normalized spacial score (nSPS) is 52.0.